The molecule has 1 rings (SSSR count). The van der Waals surface area contributed by atoms with E-state index in [4.69, 9.17) is 23.2 Å². The molecular formula is C13H20Cl2N2. The third kappa shape index (κ3) is 4.84. The van der Waals surface area contributed by atoms with Gasteiger partial charge in [-0.1, -0.05) is 36.2 Å². The Bertz CT molecular complexity index is 322. The summed E-state index contributed by atoms with van der Waals surface area (Å²) in [5.74, 6) is 0. The second-order valence-electron chi connectivity index (χ2n) is 4.08. The van der Waals surface area contributed by atoms with Crippen molar-refractivity contribution in [2.45, 2.75) is 19.9 Å². The van der Waals surface area contributed by atoms with E-state index in [9.17, 15) is 0 Å². The van der Waals surface area contributed by atoms with Gasteiger partial charge in [0.05, 0.1) is 0 Å². The molecule has 0 unspecified atom stereocenters. The highest BCUT2D eigenvalue weighted by Crippen LogP contribution is 2.25. The van der Waals surface area contributed by atoms with Crippen LogP contribution in [0.1, 0.15) is 18.9 Å². The van der Waals surface area contributed by atoms with Crippen molar-refractivity contribution in [1.29, 1.82) is 0 Å². The van der Waals surface area contributed by atoms with Crippen LogP contribution < -0.4 is 5.32 Å². The van der Waals surface area contributed by atoms with E-state index in [2.05, 4.69) is 17.1 Å². The monoisotopic (exact) mass is 274 g/mol. The van der Waals surface area contributed by atoms with E-state index in [0.29, 0.717) is 0 Å². The first-order valence-corrected chi connectivity index (χ1v) is 6.74. The van der Waals surface area contributed by atoms with Crippen LogP contribution in [0.3, 0.4) is 0 Å². The van der Waals surface area contributed by atoms with Gasteiger partial charge in [-0.05, 0) is 32.1 Å². The molecule has 0 atom stereocenters. The Labute approximate surface area is 114 Å². The summed E-state index contributed by atoms with van der Waals surface area (Å²) in [6.07, 6.45) is 1.13. The maximum Gasteiger partial charge on any atom is 0.0465 e. The lowest BCUT2D eigenvalue weighted by Gasteiger charge is -2.22. The van der Waals surface area contributed by atoms with Crippen LogP contribution in [0.5, 0.6) is 0 Å². The van der Waals surface area contributed by atoms with Gasteiger partial charge in [-0.2, -0.15) is 0 Å². The van der Waals surface area contributed by atoms with Gasteiger partial charge < -0.3 is 5.32 Å². The lowest BCUT2D eigenvalue weighted by molar-refractivity contribution is 0.268. The van der Waals surface area contributed by atoms with E-state index in [1.54, 1.807) is 0 Å². The zero-order valence-electron chi connectivity index (χ0n) is 10.5. The summed E-state index contributed by atoms with van der Waals surface area (Å²) < 4.78 is 0. The van der Waals surface area contributed by atoms with Crippen LogP contribution in [0.2, 0.25) is 10.0 Å². The first kappa shape index (κ1) is 14.8. The van der Waals surface area contributed by atoms with Crippen molar-refractivity contribution in [1.82, 2.24) is 10.2 Å². The molecule has 4 heteroatoms. The van der Waals surface area contributed by atoms with E-state index < -0.39 is 0 Å². The zero-order valence-corrected chi connectivity index (χ0v) is 12.0. The minimum Gasteiger partial charge on any atom is -0.318 e. The van der Waals surface area contributed by atoms with Gasteiger partial charge in [0.15, 0.2) is 0 Å². The van der Waals surface area contributed by atoms with Crippen LogP contribution >= 0.6 is 23.2 Å². The largest absolute Gasteiger partial charge is 0.318 e. The van der Waals surface area contributed by atoms with Gasteiger partial charge in [-0.15, -0.1) is 0 Å². The number of nitrogens with one attached hydrogen (secondary N) is 1. The number of halogens is 2. The summed E-state index contributed by atoms with van der Waals surface area (Å²) in [4.78, 5) is 2.36. The fraction of sp³-hybridized carbons (Fsp3) is 0.538. The van der Waals surface area contributed by atoms with Gasteiger partial charge in [0.1, 0.15) is 0 Å². The molecule has 1 aromatic carbocycles. The third-order valence-corrected chi connectivity index (χ3v) is 3.37. The van der Waals surface area contributed by atoms with Crippen LogP contribution in [0.15, 0.2) is 18.2 Å². The van der Waals surface area contributed by atoms with Crippen molar-refractivity contribution in [2.75, 3.05) is 26.7 Å². The third-order valence-electron chi connectivity index (χ3n) is 2.66. The van der Waals surface area contributed by atoms with Crippen molar-refractivity contribution in [3.63, 3.8) is 0 Å². The minimum atomic E-state index is 0.753. The molecule has 96 valence electrons. The number of hydrogen-bond donors (Lipinski definition) is 1. The first-order chi connectivity index (χ1) is 8.19. The standard InChI is InChI=1S/C13H20Cl2N2/c1-3-8-17(9-7-16-2)10-11-12(14)5-4-6-13(11)15/h4-6,16H,3,7-10H2,1-2H3. The molecule has 0 fully saturated rings. The Morgan fingerprint density at radius 1 is 1.18 bits per heavy atom. The molecule has 2 nitrogen and oxygen atoms in total. The molecule has 0 aliphatic carbocycles. The van der Waals surface area contributed by atoms with Crippen LogP contribution in [-0.2, 0) is 6.54 Å². The SMILES string of the molecule is CCCN(CCNC)Cc1c(Cl)cccc1Cl. The molecule has 0 aliphatic rings. The Hall–Kier alpha value is -0.280. The van der Waals surface area contributed by atoms with Gasteiger partial charge in [-0.25, -0.2) is 0 Å². The smallest absolute Gasteiger partial charge is 0.0465 e. The average molecular weight is 275 g/mol. The Morgan fingerprint density at radius 3 is 2.35 bits per heavy atom. The summed E-state index contributed by atoms with van der Waals surface area (Å²) in [6.45, 7) is 6.03. The fourth-order valence-corrected chi connectivity index (χ4v) is 2.28. The molecule has 0 bridgehead atoms. The van der Waals surface area contributed by atoms with Gasteiger partial charge in [-0.3, -0.25) is 4.90 Å². The van der Waals surface area contributed by atoms with Crippen molar-refractivity contribution in [3.05, 3.63) is 33.8 Å². The van der Waals surface area contributed by atoms with Crippen molar-refractivity contribution in [2.24, 2.45) is 0 Å². The van der Waals surface area contributed by atoms with E-state index in [-0.39, 0.29) is 0 Å². The Kier molecular flexibility index (Phi) is 6.90. The van der Waals surface area contributed by atoms with E-state index in [0.717, 1.165) is 48.2 Å². The zero-order chi connectivity index (χ0) is 12.7. The average Bonchev–Trinajstić information content (AvgIpc) is 2.31. The van der Waals surface area contributed by atoms with E-state index >= 15 is 0 Å². The molecular weight excluding hydrogens is 255 g/mol. The highest BCUT2D eigenvalue weighted by Gasteiger charge is 2.10. The van der Waals surface area contributed by atoms with Crippen molar-refractivity contribution < 1.29 is 0 Å². The van der Waals surface area contributed by atoms with Gasteiger partial charge in [0, 0.05) is 35.2 Å². The summed E-state index contributed by atoms with van der Waals surface area (Å²) >= 11 is 12.4. The quantitative estimate of drug-likeness (QED) is 0.820. The normalized spacial score (nSPS) is 11.1. The fourth-order valence-electron chi connectivity index (χ4n) is 1.76. The van der Waals surface area contributed by atoms with Gasteiger partial charge >= 0.3 is 0 Å². The maximum atomic E-state index is 6.18. The molecule has 0 aromatic heterocycles. The van der Waals surface area contributed by atoms with Crippen LogP contribution in [0.25, 0.3) is 0 Å². The molecule has 0 heterocycles. The number of rotatable bonds is 7. The van der Waals surface area contributed by atoms with Gasteiger partial charge in [0.25, 0.3) is 0 Å². The van der Waals surface area contributed by atoms with Crippen LogP contribution in [0.4, 0.5) is 0 Å². The van der Waals surface area contributed by atoms with Crippen molar-refractivity contribution in [3.8, 4) is 0 Å². The van der Waals surface area contributed by atoms with E-state index in [1.807, 2.05) is 25.2 Å². The van der Waals surface area contributed by atoms with Crippen LogP contribution in [0, 0.1) is 0 Å². The predicted octanol–water partition coefficient (Wildman–Crippen LogP) is 3.42. The summed E-state index contributed by atoms with van der Waals surface area (Å²) in [7, 11) is 1.96. The molecule has 0 aliphatic heterocycles. The predicted molar refractivity (Wildman–Crippen MR) is 76.0 cm³/mol. The molecule has 0 saturated heterocycles. The number of benzene rings is 1. The van der Waals surface area contributed by atoms with E-state index in [1.165, 1.54) is 0 Å². The summed E-state index contributed by atoms with van der Waals surface area (Å²) in [5, 5.41) is 4.67. The number of nitrogens with zero attached hydrogens (tertiary/aromatic N) is 1. The van der Waals surface area contributed by atoms with Gasteiger partial charge in [0.2, 0.25) is 0 Å². The van der Waals surface area contributed by atoms with Crippen molar-refractivity contribution >= 4 is 23.2 Å². The second kappa shape index (κ2) is 7.93. The second-order valence-corrected chi connectivity index (χ2v) is 4.89. The highest BCUT2D eigenvalue weighted by molar-refractivity contribution is 6.35. The van der Waals surface area contributed by atoms with Crippen LogP contribution in [-0.4, -0.2) is 31.6 Å². The molecule has 0 radical (unpaired) electrons. The Morgan fingerprint density at radius 2 is 1.82 bits per heavy atom. The minimum absolute atomic E-state index is 0.753. The molecule has 1 N–H and O–H groups in total. The molecule has 0 spiro atoms. The lowest BCUT2D eigenvalue weighted by Crippen LogP contribution is -2.31. The maximum absolute atomic E-state index is 6.18. The summed E-state index contributed by atoms with van der Waals surface area (Å²) in [6, 6.07) is 5.67. The molecule has 17 heavy (non-hydrogen) atoms. The summed E-state index contributed by atoms with van der Waals surface area (Å²) in [5.41, 5.74) is 1.03. The molecule has 0 amide bonds. The molecule has 0 saturated carbocycles. The first-order valence-electron chi connectivity index (χ1n) is 5.98. The topological polar surface area (TPSA) is 15.3 Å². The lowest BCUT2D eigenvalue weighted by atomic mass is 10.2. The molecule has 1 aromatic rings. The number of likely N-dealkylation sites (N-methyl/N-ethyl adjacent to an activating group) is 1. The highest BCUT2D eigenvalue weighted by atomic mass is 35.5. The Balaban J connectivity index is 2.70. The number of hydrogen-bond acceptors (Lipinski definition) is 2.